The predicted octanol–water partition coefficient (Wildman–Crippen LogP) is 1.27. The van der Waals surface area contributed by atoms with Crippen LogP contribution in [0.5, 0.6) is 11.5 Å². The topological polar surface area (TPSA) is 30.5 Å². The molecule has 0 fully saturated rings. The average Bonchev–Trinajstić information content (AvgIpc) is 2.29. The van der Waals surface area contributed by atoms with Crippen LogP contribution in [0.2, 0.25) is 0 Å². The van der Waals surface area contributed by atoms with Crippen LogP contribution >= 0.6 is 0 Å². The normalized spacial score (nSPS) is 9.00. The van der Waals surface area contributed by atoms with E-state index in [1.54, 1.807) is 14.2 Å². The van der Waals surface area contributed by atoms with Gasteiger partial charge in [-0.2, -0.15) is 0 Å². The number of rotatable bonds is 3. The minimum absolute atomic E-state index is 0.653. The lowest BCUT2D eigenvalue weighted by atomic mass is 10.2. The fourth-order valence-electron chi connectivity index (χ4n) is 1.14. The summed E-state index contributed by atoms with van der Waals surface area (Å²) in [6.07, 6.45) is 0. The molecule has 0 amide bonds. The van der Waals surface area contributed by atoms with E-state index in [0.29, 0.717) is 6.54 Å². The molecule has 1 N–H and O–H groups in total. The molecule has 0 atom stereocenters. The molecule has 3 heteroatoms. The van der Waals surface area contributed by atoms with E-state index in [2.05, 4.69) is 17.2 Å². The van der Waals surface area contributed by atoms with Crippen LogP contribution in [-0.2, 0) is 0 Å². The summed E-state index contributed by atoms with van der Waals surface area (Å²) in [5.74, 6) is 7.55. The Kier molecular flexibility index (Phi) is 4.52. The van der Waals surface area contributed by atoms with E-state index in [0.717, 1.165) is 17.1 Å². The molecule has 0 saturated heterocycles. The van der Waals surface area contributed by atoms with E-state index in [-0.39, 0.29) is 0 Å². The van der Waals surface area contributed by atoms with Gasteiger partial charge in [-0.3, -0.25) is 0 Å². The first-order valence-corrected chi connectivity index (χ1v) is 4.67. The molecule has 0 spiro atoms. The number of methoxy groups -OCH3 is 2. The second-order valence-corrected chi connectivity index (χ2v) is 2.90. The number of benzene rings is 1. The minimum Gasteiger partial charge on any atom is -0.497 e. The smallest absolute Gasteiger partial charge is 0.134 e. The molecule has 1 aromatic carbocycles. The Morgan fingerprint density at radius 2 is 2.07 bits per heavy atom. The van der Waals surface area contributed by atoms with Gasteiger partial charge in [-0.05, 0) is 25.2 Å². The Morgan fingerprint density at radius 3 is 2.67 bits per heavy atom. The summed E-state index contributed by atoms with van der Waals surface area (Å²) >= 11 is 0. The van der Waals surface area contributed by atoms with Gasteiger partial charge in [0, 0.05) is 0 Å². The van der Waals surface area contributed by atoms with Crippen molar-refractivity contribution in [2.75, 3.05) is 27.8 Å². The molecule has 3 nitrogen and oxygen atoms in total. The van der Waals surface area contributed by atoms with Crippen molar-refractivity contribution in [3.05, 3.63) is 23.8 Å². The van der Waals surface area contributed by atoms with E-state index >= 15 is 0 Å². The van der Waals surface area contributed by atoms with E-state index < -0.39 is 0 Å². The molecule has 1 rings (SSSR count). The van der Waals surface area contributed by atoms with Crippen molar-refractivity contribution in [1.29, 1.82) is 0 Å². The van der Waals surface area contributed by atoms with Crippen molar-refractivity contribution in [3.8, 4) is 23.3 Å². The van der Waals surface area contributed by atoms with Crippen molar-refractivity contribution < 1.29 is 9.47 Å². The van der Waals surface area contributed by atoms with Crippen LogP contribution in [0.25, 0.3) is 0 Å². The van der Waals surface area contributed by atoms with Gasteiger partial charge in [-0.15, -0.1) is 0 Å². The monoisotopic (exact) mass is 205 g/mol. The fourth-order valence-corrected chi connectivity index (χ4v) is 1.14. The van der Waals surface area contributed by atoms with E-state index in [4.69, 9.17) is 9.47 Å². The second kappa shape index (κ2) is 5.94. The highest BCUT2D eigenvalue weighted by Crippen LogP contribution is 2.22. The lowest BCUT2D eigenvalue weighted by molar-refractivity contribution is 0.402. The van der Waals surface area contributed by atoms with Gasteiger partial charge in [0.15, 0.2) is 0 Å². The largest absolute Gasteiger partial charge is 0.497 e. The van der Waals surface area contributed by atoms with Gasteiger partial charge in [-0.1, -0.05) is 11.8 Å². The number of ether oxygens (including phenoxy) is 2. The maximum atomic E-state index is 5.20. The Morgan fingerprint density at radius 1 is 1.27 bits per heavy atom. The maximum absolute atomic E-state index is 5.20. The summed E-state index contributed by atoms with van der Waals surface area (Å²) in [5, 5.41) is 2.96. The minimum atomic E-state index is 0.653. The third-order valence-corrected chi connectivity index (χ3v) is 1.89. The lowest BCUT2D eigenvalue weighted by Crippen LogP contribution is -2.04. The standard InChI is InChI=1S/C12H15NO2/c1-13-8-4-5-10-9-11(14-2)6-7-12(10)15-3/h6-7,9,13H,8H2,1-3H3. The molecule has 0 saturated carbocycles. The van der Waals surface area contributed by atoms with E-state index in [1.165, 1.54) is 0 Å². The van der Waals surface area contributed by atoms with Gasteiger partial charge in [0.1, 0.15) is 11.5 Å². The Labute approximate surface area is 90.4 Å². The summed E-state index contributed by atoms with van der Waals surface area (Å²) in [7, 11) is 5.12. The first-order valence-electron chi connectivity index (χ1n) is 4.67. The molecule has 0 aliphatic rings. The van der Waals surface area contributed by atoms with Crippen LogP contribution in [0, 0.1) is 11.8 Å². The average molecular weight is 205 g/mol. The molecule has 0 radical (unpaired) electrons. The highest BCUT2D eigenvalue weighted by molar-refractivity contribution is 5.50. The highest BCUT2D eigenvalue weighted by Gasteiger charge is 2.01. The summed E-state index contributed by atoms with van der Waals surface area (Å²) in [6.45, 7) is 0.653. The van der Waals surface area contributed by atoms with Crippen LogP contribution < -0.4 is 14.8 Å². The van der Waals surface area contributed by atoms with Crippen LogP contribution in [0.15, 0.2) is 18.2 Å². The van der Waals surface area contributed by atoms with Gasteiger partial charge in [0.05, 0.1) is 26.3 Å². The van der Waals surface area contributed by atoms with Crippen molar-refractivity contribution in [2.24, 2.45) is 0 Å². The van der Waals surface area contributed by atoms with Crippen LogP contribution in [0.1, 0.15) is 5.56 Å². The maximum Gasteiger partial charge on any atom is 0.134 e. The summed E-state index contributed by atoms with van der Waals surface area (Å²) in [5.41, 5.74) is 0.840. The zero-order chi connectivity index (χ0) is 11.1. The molecule has 0 aliphatic carbocycles. The fraction of sp³-hybridized carbons (Fsp3) is 0.333. The van der Waals surface area contributed by atoms with Gasteiger partial charge >= 0.3 is 0 Å². The molecule has 0 bridgehead atoms. The van der Waals surface area contributed by atoms with Gasteiger partial charge in [0.25, 0.3) is 0 Å². The van der Waals surface area contributed by atoms with Crippen molar-refractivity contribution in [3.63, 3.8) is 0 Å². The molecule has 1 aromatic rings. The van der Waals surface area contributed by atoms with Gasteiger partial charge in [0.2, 0.25) is 0 Å². The van der Waals surface area contributed by atoms with Crippen LogP contribution in [0.3, 0.4) is 0 Å². The Hall–Kier alpha value is -1.66. The highest BCUT2D eigenvalue weighted by atomic mass is 16.5. The summed E-state index contributed by atoms with van der Waals surface area (Å²) in [4.78, 5) is 0. The number of hydrogen-bond acceptors (Lipinski definition) is 3. The summed E-state index contributed by atoms with van der Waals surface area (Å²) in [6, 6.07) is 5.56. The van der Waals surface area contributed by atoms with Crippen LogP contribution in [-0.4, -0.2) is 27.8 Å². The Balaban J connectivity index is 2.97. The third kappa shape index (κ3) is 3.19. The van der Waals surface area contributed by atoms with Crippen molar-refractivity contribution >= 4 is 0 Å². The second-order valence-electron chi connectivity index (χ2n) is 2.90. The zero-order valence-electron chi connectivity index (χ0n) is 9.26. The molecule has 80 valence electrons. The van der Waals surface area contributed by atoms with Crippen molar-refractivity contribution in [1.82, 2.24) is 5.32 Å². The number of hydrogen-bond donors (Lipinski definition) is 1. The third-order valence-electron chi connectivity index (χ3n) is 1.89. The molecule has 0 aromatic heterocycles. The first-order chi connectivity index (χ1) is 7.31. The predicted molar refractivity (Wildman–Crippen MR) is 60.4 cm³/mol. The van der Waals surface area contributed by atoms with E-state index in [1.807, 2.05) is 25.2 Å². The van der Waals surface area contributed by atoms with Crippen molar-refractivity contribution in [2.45, 2.75) is 0 Å². The zero-order valence-corrected chi connectivity index (χ0v) is 9.26. The molecular weight excluding hydrogens is 190 g/mol. The van der Waals surface area contributed by atoms with Gasteiger partial charge < -0.3 is 14.8 Å². The number of nitrogens with one attached hydrogen (secondary N) is 1. The molecule has 0 heterocycles. The molecule has 15 heavy (non-hydrogen) atoms. The molecule has 0 aliphatic heterocycles. The summed E-state index contributed by atoms with van der Waals surface area (Å²) < 4.78 is 10.3. The van der Waals surface area contributed by atoms with Crippen LogP contribution in [0.4, 0.5) is 0 Å². The lowest BCUT2D eigenvalue weighted by Gasteiger charge is -2.05. The quantitative estimate of drug-likeness (QED) is 0.754. The first kappa shape index (κ1) is 11.4. The molecular formula is C12H15NO2. The Bertz CT molecular complexity index is 377. The molecule has 0 unspecified atom stereocenters. The van der Waals surface area contributed by atoms with Gasteiger partial charge in [-0.25, -0.2) is 0 Å². The van der Waals surface area contributed by atoms with E-state index in [9.17, 15) is 0 Å². The SMILES string of the molecule is CNCC#Cc1cc(OC)ccc1OC.